The van der Waals surface area contributed by atoms with Crippen LogP contribution in [0, 0.1) is 5.41 Å². The van der Waals surface area contributed by atoms with Crippen molar-refractivity contribution in [2.24, 2.45) is 11.1 Å². The summed E-state index contributed by atoms with van der Waals surface area (Å²) in [5.41, 5.74) is 18.5. The van der Waals surface area contributed by atoms with Crippen molar-refractivity contribution in [3.63, 3.8) is 0 Å². The zero-order valence-corrected chi connectivity index (χ0v) is 15.9. The second kappa shape index (κ2) is 6.75. The van der Waals surface area contributed by atoms with Crippen LogP contribution < -0.4 is 22.1 Å². The van der Waals surface area contributed by atoms with E-state index < -0.39 is 0 Å². The van der Waals surface area contributed by atoms with Gasteiger partial charge in [-0.25, -0.2) is 15.0 Å². The monoisotopic (exact) mass is 391 g/mol. The van der Waals surface area contributed by atoms with Crippen LogP contribution in [0.1, 0.15) is 25.7 Å². The molecule has 3 heterocycles. The van der Waals surface area contributed by atoms with Crippen molar-refractivity contribution in [3.8, 4) is 0 Å². The normalized spacial score (nSPS) is 21.6. The van der Waals surface area contributed by atoms with Gasteiger partial charge in [0.2, 0.25) is 0 Å². The lowest BCUT2D eigenvalue weighted by molar-refractivity contribution is 0.0610. The van der Waals surface area contributed by atoms with E-state index in [0.29, 0.717) is 27.3 Å². The van der Waals surface area contributed by atoms with Gasteiger partial charge in [0, 0.05) is 30.2 Å². The molecule has 0 unspecified atom stereocenters. The third-order valence-corrected chi connectivity index (χ3v) is 7.24. The fraction of sp³-hybridized carbons (Fsp3) is 0.471. The Morgan fingerprint density at radius 3 is 2.54 bits per heavy atom. The number of nitrogen functional groups attached to an aromatic ring is 2. The van der Waals surface area contributed by atoms with Crippen molar-refractivity contribution < 1.29 is 0 Å². The summed E-state index contributed by atoms with van der Waals surface area (Å²) in [6, 6.07) is 2.14. The van der Waals surface area contributed by atoms with Crippen LogP contribution in [-0.4, -0.2) is 34.1 Å². The van der Waals surface area contributed by atoms with E-state index in [2.05, 4.69) is 19.9 Å². The first-order valence-corrected chi connectivity index (χ1v) is 9.89. The summed E-state index contributed by atoms with van der Waals surface area (Å²) in [4.78, 5) is 16.0. The van der Waals surface area contributed by atoms with Gasteiger partial charge < -0.3 is 22.1 Å². The number of nitrogens with zero attached hydrogens (tertiary/aromatic N) is 4. The Labute approximate surface area is 161 Å². The molecule has 1 aliphatic heterocycles. The van der Waals surface area contributed by atoms with E-state index in [1.165, 1.54) is 18.2 Å². The van der Waals surface area contributed by atoms with Crippen LogP contribution in [0.3, 0.4) is 0 Å². The maximum atomic E-state index is 6.22. The minimum absolute atomic E-state index is 0.288. The Hall–Kier alpha value is -1.77. The standard InChI is InChI=1S/C17H22ClN7S/c18-13-10(2-6-22-14(13)20)26-16-15(21)24-12(9-23-16)25-7-4-17(5-8-25)3-1-11(17)19/h2,6,9,11H,1,3-5,7-8,19H2,(H2,20,22)(H2,21,24)/t11-/m0/s1. The summed E-state index contributed by atoms with van der Waals surface area (Å²) in [5.74, 6) is 1.49. The van der Waals surface area contributed by atoms with Gasteiger partial charge in [-0.2, -0.15) is 0 Å². The fourth-order valence-electron chi connectivity index (χ4n) is 3.76. The van der Waals surface area contributed by atoms with E-state index in [4.69, 9.17) is 28.8 Å². The van der Waals surface area contributed by atoms with Crippen molar-refractivity contribution in [1.29, 1.82) is 0 Å². The average Bonchev–Trinajstić information content (AvgIpc) is 2.66. The molecule has 1 atom stereocenters. The van der Waals surface area contributed by atoms with Gasteiger partial charge in [0.25, 0.3) is 0 Å². The van der Waals surface area contributed by atoms with Gasteiger partial charge in [-0.3, -0.25) is 0 Å². The topological polar surface area (TPSA) is 120 Å². The highest BCUT2D eigenvalue weighted by Gasteiger charge is 2.46. The molecular weight excluding hydrogens is 370 g/mol. The maximum Gasteiger partial charge on any atom is 0.158 e. The zero-order chi connectivity index (χ0) is 18.3. The lowest BCUT2D eigenvalue weighted by Crippen LogP contribution is -2.56. The first-order valence-electron chi connectivity index (χ1n) is 8.69. The van der Waals surface area contributed by atoms with Gasteiger partial charge in [0.1, 0.15) is 16.7 Å². The highest BCUT2D eigenvalue weighted by molar-refractivity contribution is 7.99. The second-order valence-electron chi connectivity index (χ2n) is 7.02. The zero-order valence-electron chi connectivity index (χ0n) is 14.4. The van der Waals surface area contributed by atoms with E-state index in [1.807, 2.05) is 0 Å². The van der Waals surface area contributed by atoms with Crippen LogP contribution in [0.4, 0.5) is 17.5 Å². The SMILES string of the molecule is Nc1nc(N2CCC3(CC[C@@H]3N)CC2)cnc1Sc1ccnc(N)c1Cl. The van der Waals surface area contributed by atoms with Gasteiger partial charge in [0.15, 0.2) is 5.82 Å². The highest BCUT2D eigenvalue weighted by atomic mass is 35.5. The number of rotatable bonds is 3. The Morgan fingerprint density at radius 1 is 1.15 bits per heavy atom. The van der Waals surface area contributed by atoms with Gasteiger partial charge >= 0.3 is 0 Å². The van der Waals surface area contributed by atoms with Crippen LogP contribution in [-0.2, 0) is 0 Å². The van der Waals surface area contributed by atoms with Crippen molar-refractivity contribution in [1.82, 2.24) is 15.0 Å². The summed E-state index contributed by atoms with van der Waals surface area (Å²) < 4.78 is 0. The lowest BCUT2D eigenvalue weighted by atomic mass is 9.60. The Kier molecular flexibility index (Phi) is 4.58. The van der Waals surface area contributed by atoms with Gasteiger partial charge in [-0.15, -0.1) is 0 Å². The molecule has 138 valence electrons. The summed E-state index contributed by atoms with van der Waals surface area (Å²) >= 11 is 7.53. The van der Waals surface area contributed by atoms with Gasteiger partial charge in [-0.05, 0) is 37.2 Å². The van der Waals surface area contributed by atoms with E-state index >= 15 is 0 Å². The Bertz CT molecular complexity index is 823. The molecule has 4 rings (SSSR count). The Morgan fingerprint density at radius 2 is 1.92 bits per heavy atom. The molecule has 7 nitrogen and oxygen atoms in total. The molecule has 0 bridgehead atoms. The molecule has 2 aliphatic rings. The molecule has 1 saturated carbocycles. The summed E-state index contributed by atoms with van der Waals surface area (Å²) in [6.07, 6.45) is 8.00. The first kappa shape index (κ1) is 17.6. The molecule has 26 heavy (non-hydrogen) atoms. The van der Waals surface area contributed by atoms with Crippen molar-refractivity contribution in [3.05, 3.63) is 23.5 Å². The molecule has 9 heteroatoms. The van der Waals surface area contributed by atoms with Crippen molar-refractivity contribution in [2.75, 3.05) is 29.5 Å². The predicted octanol–water partition coefficient (Wildman–Crippen LogP) is 2.55. The molecule has 1 saturated heterocycles. The summed E-state index contributed by atoms with van der Waals surface area (Å²) in [7, 11) is 0. The van der Waals surface area contributed by atoms with Gasteiger partial charge in [-0.1, -0.05) is 23.4 Å². The van der Waals surface area contributed by atoms with E-state index in [9.17, 15) is 0 Å². The van der Waals surface area contributed by atoms with Crippen LogP contribution in [0.5, 0.6) is 0 Å². The smallest absolute Gasteiger partial charge is 0.158 e. The van der Waals surface area contributed by atoms with Crippen LogP contribution in [0.2, 0.25) is 5.02 Å². The molecule has 0 radical (unpaired) electrons. The molecule has 2 aromatic heterocycles. The molecule has 1 aliphatic carbocycles. The minimum Gasteiger partial charge on any atom is -0.382 e. The Balaban J connectivity index is 1.47. The molecule has 0 amide bonds. The number of hydrogen-bond donors (Lipinski definition) is 3. The van der Waals surface area contributed by atoms with Crippen LogP contribution >= 0.6 is 23.4 Å². The number of anilines is 3. The molecule has 1 spiro atoms. The highest BCUT2D eigenvalue weighted by Crippen LogP contribution is 2.48. The maximum absolute atomic E-state index is 6.22. The largest absolute Gasteiger partial charge is 0.382 e. The van der Waals surface area contributed by atoms with E-state index in [0.717, 1.165) is 43.1 Å². The number of aromatic nitrogens is 3. The first-order chi connectivity index (χ1) is 12.5. The van der Waals surface area contributed by atoms with Gasteiger partial charge in [0.05, 0.1) is 11.2 Å². The minimum atomic E-state index is 0.288. The molecule has 2 fully saturated rings. The van der Waals surface area contributed by atoms with Crippen LogP contribution in [0.15, 0.2) is 28.4 Å². The molecule has 0 aromatic carbocycles. The number of nitrogens with two attached hydrogens (primary N) is 3. The fourth-order valence-corrected chi connectivity index (χ4v) is 4.77. The molecular formula is C17H22ClN7S. The third-order valence-electron chi connectivity index (χ3n) is 5.66. The summed E-state index contributed by atoms with van der Waals surface area (Å²) in [6.45, 7) is 1.89. The summed E-state index contributed by atoms with van der Waals surface area (Å²) in [5, 5.41) is 1.01. The lowest BCUT2D eigenvalue weighted by Gasteiger charge is -2.52. The second-order valence-corrected chi connectivity index (χ2v) is 8.43. The number of piperidine rings is 1. The molecule has 2 aromatic rings. The quantitative estimate of drug-likeness (QED) is 0.729. The third kappa shape index (κ3) is 3.06. The molecule has 6 N–H and O–H groups in total. The predicted molar refractivity (Wildman–Crippen MR) is 105 cm³/mol. The number of pyridine rings is 1. The average molecular weight is 392 g/mol. The van der Waals surface area contributed by atoms with E-state index in [1.54, 1.807) is 18.5 Å². The van der Waals surface area contributed by atoms with Crippen molar-refractivity contribution >= 4 is 40.8 Å². The van der Waals surface area contributed by atoms with Crippen LogP contribution in [0.25, 0.3) is 0 Å². The van der Waals surface area contributed by atoms with Crippen molar-refractivity contribution in [2.45, 2.75) is 41.6 Å². The number of hydrogen-bond acceptors (Lipinski definition) is 8. The van der Waals surface area contributed by atoms with E-state index in [-0.39, 0.29) is 5.82 Å². The number of halogens is 1.